The number of unbranched alkanes of at least 4 members (excludes halogenated alkanes) is 1. The van der Waals surface area contributed by atoms with Crippen molar-refractivity contribution < 1.29 is 4.92 Å². The van der Waals surface area contributed by atoms with Crippen LogP contribution in [-0.4, -0.2) is 42.0 Å². The van der Waals surface area contributed by atoms with Gasteiger partial charge in [-0.2, -0.15) is 0 Å². The van der Waals surface area contributed by atoms with Gasteiger partial charge in [-0.3, -0.25) is 10.1 Å². The average molecular weight is 332 g/mol. The number of nitro groups is 1. The second-order valence-electron chi connectivity index (χ2n) is 6.93. The average Bonchev–Trinajstić information content (AvgIpc) is 3.04. The van der Waals surface area contributed by atoms with Gasteiger partial charge in [0.25, 0.3) is 5.69 Å². The minimum atomic E-state index is -0.281. The van der Waals surface area contributed by atoms with Crippen LogP contribution < -0.4 is 10.6 Å². The van der Waals surface area contributed by atoms with Gasteiger partial charge in [0.15, 0.2) is 0 Å². The van der Waals surface area contributed by atoms with Crippen molar-refractivity contribution in [2.75, 3.05) is 36.8 Å². The Morgan fingerprint density at radius 3 is 3.04 bits per heavy atom. The van der Waals surface area contributed by atoms with Gasteiger partial charge in [-0.1, -0.05) is 6.42 Å². The van der Waals surface area contributed by atoms with E-state index in [4.69, 9.17) is 0 Å². The van der Waals surface area contributed by atoms with E-state index < -0.39 is 0 Å². The Labute approximate surface area is 143 Å². The standard InChI is InChI=1S/C18H28N4O2/c1-14-6-2-4-12-21(14)13-5-3-10-20-18-15-9-11-19-16(15)7-8-17(18)22(23)24/h7-8,14,19-20H,2-6,9-13H2,1H3. The molecule has 1 fully saturated rings. The van der Waals surface area contributed by atoms with Crippen molar-refractivity contribution in [3.8, 4) is 0 Å². The second kappa shape index (κ2) is 7.83. The highest BCUT2D eigenvalue weighted by molar-refractivity contribution is 5.77. The van der Waals surface area contributed by atoms with Crippen LogP contribution in [0.5, 0.6) is 0 Å². The number of fused-ring (bicyclic) bond motifs is 1. The van der Waals surface area contributed by atoms with Gasteiger partial charge in [0.05, 0.1) is 4.92 Å². The number of piperidine rings is 1. The molecule has 6 heteroatoms. The third-order valence-corrected chi connectivity index (χ3v) is 5.29. The van der Waals surface area contributed by atoms with Crippen molar-refractivity contribution in [3.05, 3.63) is 27.8 Å². The fourth-order valence-corrected chi connectivity index (χ4v) is 3.88. The lowest BCUT2D eigenvalue weighted by Crippen LogP contribution is -2.38. The normalized spacial score (nSPS) is 20.5. The van der Waals surface area contributed by atoms with Gasteiger partial charge < -0.3 is 15.5 Å². The second-order valence-corrected chi connectivity index (χ2v) is 6.93. The largest absolute Gasteiger partial charge is 0.384 e. The van der Waals surface area contributed by atoms with E-state index in [-0.39, 0.29) is 10.6 Å². The van der Waals surface area contributed by atoms with E-state index in [9.17, 15) is 10.1 Å². The van der Waals surface area contributed by atoms with Gasteiger partial charge in [0.2, 0.25) is 0 Å². The number of hydrogen-bond donors (Lipinski definition) is 2. The van der Waals surface area contributed by atoms with Crippen LogP contribution in [0.1, 0.15) is 44.6 Å². The molecule has 1 aromatic carbocycles. The lowest BCUT2D eigenvalue weighted by Gasteiger charge is -2.33. The monoisotopic (exact) mass is 332 g/mol. The maximum absolute atomic E-state index is 11.3. The quantitative estimate of drug-likeness (QED) is 0.453. The number of likely N-dealkylation sites (tertiary alicyclic amines) is 1. The molecule has 0 aliphatic carbocycles. The summed E-state index contributed by atoms with van der Waals surface area (Å²) in [4.78, 5) is 13.6. The number of nitro benzene ring substituents is 1. The van der Waals surface area contributed by atoms with Gasteiger partial charge in [0.1, 0.15) is 5.69 Å². The van der Waals surface area contributed by atoms with Crippen LogP contribution in [0.2, 0.25) is 0 Å². The number of anilines is 2. The Morgan fingerprint density at radius 1 is 1.38 bits per heavy atom. The van der Waals surface area contributed by atoms with Gasteiger partial charge in [0, 0.05) is 36.4 Å². The highest BCUT2D eigenvalue weighted by Gasteiger charge is 2.23. The Morgan fingerprint density at radius 2 is 2.25 bits per heavy atom. The predicted octanol–water partition coefficient (Wildman–Crippen LogP) is 3.63. The molecule has 0 radical (unpaired) electrons. The van der Waals surface area contributed by atoms with E-state index >= 15 is 0 Å². The number of hydrogen-bond acceptors (Lipinski definition) is 5. The van der Waals surface area contributed by atoms with E-state index in [2.05, 4.69) is 22.5 Å². The Kier molecular flexibility index (Phi) is 5.56. The third-order valence-electron chi connectivity index (χ3n) is 5.29. The molecule has 2 aliphatic heterocycles. The molecule has 24 heavy (non-hydrogen) atoms. The van der Waals surface area contributed by atoms with E-state index in [1.54, 1.807) is 6.07 Å². The zero-order valence-electron chi connectivity index (χ0n) is 14.5. The highest BCUT2D eigenvalue weighted by Crippen LogP contribution is 2.36. The summed E-state index contributed by atoms with van der Waals surface area (Å²) in [6, 6.07) is 4.13. The lowest BCUT2D eigenvalue weighted by atomic mass is 10.0. The summed E-state index contributed by atoms with van der Waals surface area (Å²) in [6.45, 7) is 6.33. The SMILES string of the molecule is CC1CCCCN1CCCCNc1c([N+](=O)[O-])ccc2c1CCN2. The molecule has 2 heterocycles. The molecule has 0 amide bonds. The van der Waals surface area contributed by atoms with Crippen molar-refractivity contribution in [1.82, 2.24) is 4.90 Å². The first-order chi connectivity index (χ1) is 11.7. The Hall–Kier alpha value is -1.82. The van der Waals surface area contributed by atoms with Crippen LogP contribution in [0.15, 0.2) is 12.1 Å². The van der Waals surface area contributed by atoms with Gasteiger partial charge >= 0.3 is 0 Å². The molecule has 6 nitrogen and oxygen atoms in total. The molecular weight excluding hydrogens is 304 g/mol. The number of nitrogens with one attached hydrogen (secondary N) is 2. The molecule has 2 aliphatic rings. The zero-order valence-corrected chi connectivity index (χ0v) is 14.5. The van der Waals surface area contributed by atoms with Crippen molar-refractivity contribution in [2.24, 2.45) is 0 Å². The molecular formula is C18H28N4O2. The van der Waals surface area contributed by atoms with Crippen LogP contribution in [-0.2, 0) is 6.42 Å². The molecule has 1 atom stereocenters. The van der Waals surface area contributed by atoms with Crippen LogP contribution in [0.25, 0.3) is 0 Å². The van der Waals surface area contributed by atoms with E-state index in [0.29, 0.717) is 11.7 Å². The summed E-state index contributed by atoms with van der Waals surface area (Å²) in [5.41, 5.74) is 3.01. The molecule has 1 aromatic rings. The Balaban J connectivity index is 1.51. The summed E-state index contributed by atoms with van der Waals surface area (Å²) in [7, 11) is 0. The van der Waals surface area contributed by atoms with E-state index in [1.807, 2.05) is 6.07 Å². The molecule has 132 valence electrons. The molecule has 3 rings (SSSR count). The predicted molar refractivity (Wildman–Crippen MR) is 97.9 cm³/mol. The molecule has 2 N–H and O–H groups in total. The summed E-state index contributed by atoms with van der Waals surface area (Å²) in [5, 5.41) is 17.9. The van der Waals surface area contributed by atoms with Gasteiger partial charge in [-0.15, -0.1) is 0 Å². The summed E-state index contributed by atoms with van der Waals surface area (Å²) in [5.74, 6) is 0. The van der Waals surface area contributed by atoms with Crippen LogP contribution in [0.4, 0.5) is 17.1 Å². The molecule has 1 unspecified atom stereocenters. The maximum atomic E-state index is 11.3. The van der Waals surface area contributed by atoms with Crippen molar-refractivity contribution in [3.63, 3.8) is 0 Å². The lowest BCUT2D eigenvalue weighted by molar-refractivity contribution is -0.384. The van der Waals surface area contributed by atoms with Crippen molar-refractivity contribution >= 4 is 17.1 Å². The number of rotatable bonds is 7. The summed E-state index contributed by atoms with van der Waals surface area (Å²) in [6.07, 6.45) is 7.02. The maximum Gasteiger partial charge on any atom is 0.292 e. The minimum absolute atomic E-state index is 0.196. The molecule has 0 bridgehead atoms. The molecule has 0 aromatic heterocycles. The van der Waals surface area contributed by atoms with E-state index in [1.165, 1.54) is 25.8 Å². The smallest absolute Gasteiger partial charge is 0.292 e. The molecule has 0 saturated carbocycles. The topological polar surface area (TPSA) is 70.4 Å². The van der Waals surface area contributed by atoms with Gasteiger partial charge in [-0.25, -0.2) is 0 Å². The highest BCUT2D eigenvalue weighted by atomic mass is 16.6. The van der Waals surface area contributed by atoms with Crippen LogP contribution in [0, 0.1) is 10.1 Å². The first-order valence-electron chi connectivity index (χ1n) is 9.19. The molecule has 1 saturated heterocycles. The third kappa shape index (κ3) is 3.80. The first-order valence-corrected chi connectivity index (χ1v) is 9.19. The minimum Gasteiger partial charge on any atom is -0.384 e. The Bertz CT molecular complexity index is 591. The fourth-order valence-electron chi connectivity index (χ4n) is 3.88. The summed E-state index contributed by atoms with van der Waals surface area (Å²) < 4.78 is 0. The van der Waals surface area contributed by atoms with Gasteiger partial charge in [-0.05, 0) is 58.2 Å². The first kappa shape index (κ1) is 17.0. The summed E-state index contributed by atoms with van der Waals surface area (Å²) >= 11 is 0. The van der Waals surface area contributed by atoms with Crippen molar-refractivity contribution in [2.45, 2.75) is 51.5 Å². The molecule has 0 spiro atoms. The zero-order chi connectivity index (χ0) is 16.9. The van der Waals surface area contributed by atoms with Crippen LogP contribution in [0.3, 0.4) is 0 Å². The number of nitrogens with zero attached hydrogens (tertiary/aromatic N) is 2. The van der Waals surface area contributed by atoms with E-state index in [0.717, 1.165) is 50.1 Å². The van der Waals surface area contributed by atoms with Crippen molar-refractivity contribution in [1.29, 1.82) is 0 Å². The number of benzene rings is 1. The van der Waals surface area contributed by atoms with Crippen LogP contribution >= 0.6 is 0 Å². The fraction of sp³-hybridized carbons (Fsp3) is 0.667.